The van der Waals surface area contributed by atoms with Crippen LogP contribution in [0, 0.1) is 17.6 Å². The number of hydrogen-bond donors (Lipinski definition) is 1. The van der Waals surface area contributed by atoms with Crippen LogP contribution in [0.15, 0.2) is 42.7 Å². The molecular formula is C20H21F2N3O. The maximum absolute atomic E-state index is 13.3. The fourth-order valence-corrected chi connectivity index (χ4v) is 3.83. The number of halogens is 2. The molecule has 1 aromatic heterocycles. The molecule has 1 saturated carbocycles. The summed E-state index contributed by atoms with van der Waals surface area (Å²) >= 11 is 0. The van der Waals surface area contributed by atoms with Gasteiger partial charge in [-0.2, -0.15) is 0 Å². The quantitative estimate of drug-likeness (QED) is 0.864. The number of carbonyl (C=O) groups excluding carboxylic acids is 1. The standard InChI is InChI=1S/C20H21F2N3O/c21-17-6-3-13(8-18(17)22)10-24-12-15-9-19(26)25(16-4-5-16)20(15)14-2-1-7-23-11-14/h1-3,6-8,11,15-16,20,24H,4-5,9-10,12H2/t15-,20-/m0/s1. The minimum Gasteiger partial charge on any atom is -0.332 e. The summed E-state index contributed by atoms with van der Waals surface area (Å²) in [5.74, 6) is -1.35. The summed E-state index contributed by atoms with van der Waals surface area (Å²) in [4.78, 5) is 18.8. The number of likely N-dealkylation sites (tertiary alicyclic amines) is 1. The second kappa shape index (κ2) is 7.11. The lowest BCUT2D eigenvalue weighted by molar-refractivity contribution is -0.129. The molecule has 1 aromatic carbocycles. The zero-order valence-electron chi connectivity index (χ0n) is 14.4. The van der Waals surface area contributed by atoms with Crippen molar-refractivity contribution in [1.29, 1.82) is 0 Å². The van der Waals surface area contributed by atoms with Crippen LogP contribution >= 0.6 is 0 Å². The number of rotatable bonds is 6. The van der Waals surface area contributed by atoms with Gasteiger partial charge in [0.15, 0.2) is 11.6 Å². The van der Waals surface area contributed by atoms with E-state index in [4.69, 9.17) is 0 Å². The maximum atomic E-state index is 13.3. The summed E-state index contributed by atoms with van der Waals surface area (Å²) in [5, 5.41) is 3.30. The van der Waals surface area contributed by atoms with Crippen molar-refractivity contribution in [2.24, 2.45) is 5.92 Å². The highest BCUT2D eigenvalue weighted by molar-refractivity contribution is 5.80. The molecule has 0 radical (unpaired) electrons. The SMILES string of the molecule is O=C1C[C@@H](CNCc2ccc(F)c(F)c2)[C@H](c2cccnc2)N1C1CC1. The molecule has 0 unspecified atom stereocenters. The number of pyridine rings is 1. The fraction of sp³-hybridized carbons (Fsp3) is 0.400. The molecule has 2 atom stereocenters. The van der Waals surface area contributed by atoms with Crippen molar-refractivity contribution in [3.8, 4) is 0 Å². The second-order valence-electron chi connectivity index (χ2n) is 7.11. The Morgan fingerprint density at radius 2 is 2.04 bits per heavy atom. The molecule has 0 spiro atoms. The van der Waals surface area contributed by atoms with Gasteiger partial charge in [-0.05, 0) is 42.2 Å². The molecule has 2 aromatic rings. The van der Waals surface area contributed by atoms with Crippen molar-refractivity contribution in [2.75, 3.05) is 6.54 Å². The van der Waals surface area contributed by atoms with Crippen LogP contribution in [0.2, 0.25) is 0 Å². The lowest BCUT2D eigenvalue weighted by Crippen LogP contribution is -2.33. The van der Waals surface area contributed by atoms with Crippen molar-refractivity contribution < 1.29 is 13.6 Å². The average molecular weight is 357 g/mol. The summed E-state index contributed by atoms with van der Waals surface area (Å²) in [6, 6.07) is 8.21. The molecule has 1 N–H and O–H groups in total. The Morgan fingerprint density at radius 1 is 1.19 bits per heavy atom. The van der Waals surface area contributed by atoms with E-state index in [1.54, 1.807) is 12.3 Å². The normalized spacial score (nSPS) is 22.8. The molecule has 1 aliphatic heterocycles. The molecule has 2 heterocycles. The maximum Gasteiger partial charge on any atom is 0.223 e. The van der Waals surface area contributed by atoms with Crippen LogP contribution in [0.3, 0.4) is 0 Å². The Bertz CT molecular complexity index is 795. The summed E-state index contributed by atoms with van der Waals surface area (Å²) in [5.41, 5.74) is 1.75. The van der Waals surface area contributed by atoms with Crippen LogP contribution in [0.1, 0.15) is 36.4 Å². The minimum atomic E-state index is -0.841. The van der Waals surface area contributed by atoms with E-state index in [0.717, 1.165) is 24.5 Å². The van der Waals surface area contributed by atoms with E-state index in [2.05, 4.69) is 10.3 Å². The number of benzene rings is 1. The van der Waals surface area contributed by atoms with Gasteiger partial charge in [0, 0.05) is 43.9 Å². The molecular weight excluding hydrogens is 336 g/mol. The van der Waals surface area contributed by atoms with Crippen LogP contribution in [-0.4, -0.2) is 28.4 Å². The first-order chi connectivity index (χ1) is 12.6. The number of nitrogens with zero attached hydrogens (tertiary/aromatic N) is 2. The van der Waals surface area contributed by atoms with E-state index in [1.807, 2.05) is 23.2 Å². The first-order valence-electron chi connectivity index (χ1n) is 8.99. The minimum absolute atomic E-state index is 0.0288. The van der Waals surface area contributed by atoms with E-state index < -0.39 is 11.6 Å². The van der Waals surface area contributed by atoms with Gasteiger partial charge in [-0.15, -0.1) is 0 Å². The highest BCUT2D eigenvalue weighted by Gasteiger charge is 2.46. The zero-order valence-corrected chi connectivity index (χ0v) is 14.4. The van der Waals surface area contributed by atoms with Gasteiger partial charge in [0.25, 0.3) is 0 Å². The van der Waals surface area contributed by atoms with Crippen LogP contribution in [0.5, 0.6) is 0 Å². The van der Waals surface area contributed by atoms with Crippen LogP contribution in [0.4, 0.5) is 8.78 Å². The fourth-order valence-electron chi connectivity index (χ4n) is 3.83. The van der Waals surface area contributed by atoms with Crippen molar-refractivity contribution in [3.63, 3.8) is 0 Å². The predicted molar refractivity (Wildman–Crippen MR) is 93.0 cm³/mol. The lowest BCUT2D eigenvalue weighted by atomic mass is 9.94. The molecule has 1 amide bonds. The highest BCUT2D eigenvalue weighted by atomic mass is 19.2. The van der Waals surface area contributed by atoms with E-state index >= 15 is 0 Å². The van der Waals surface area contributed by atoms with E-state index in [9.17, 15) is 13.6 Å². The lowest BCUT2D eigenvalue weighted by Gasteiger charge is -2.28. The number of hydrogen-bond acceptors (Lipinski definition) is 3. The summed E-state index contributed by atoms with van der Waals surface area (Å²) in [6.07, 6.45) is 6.20. The van der Waals surface area contributed by atoms with E-state index in [1.165, 1.54) is 6.07 Å². The monoisotopic (exact) mass is 357 g/mol. The second-order valence-corrected chi connectivity index (χ2v) is 7.11. The van der Waals surface area contributed by atoms with E-state index in [-0.39, 0.29) is 17.9 Å². The first-order valence-corrected chi connectivity index (χ1v) is 8.99. The third-order valence-corrected chi connectivity index (χ3v) is 5.16. The van der Waals surface area contributed by atoms with Gasteiger partial charge in [-0.3, -0.25) is 9.78 Å². The molecule has 26 heavy (non-hydrogen) atoms. The van der Waals surface area contributed by atoms with Crippen LogP contribution in [0.25, 0.3) is 0 Å². The first kappa shape index (κ1) is 17.1. The average Bonchev–Trinajstić information content (AvgIpc) is 3.42. The largest absolute Gasteiger partial charge is 0.332 e. The summed E-state index contributed by atoms with van der Waals surface area (Å²) < 4.78 is 26.4. The van der Waals surface area contributed by atoms with Crippen molar-refractivity contribution in [3.05, 3.63) is 65.5 Å². The van der Waals surface area contributed by atoms with Crippen molar-refractivity contribution in [1.82, 2.24) is 15.2 Å². The summed E-state index contributed by atoms with van der Waals surface area (Å²) in [7, 11) is 0. The number of carbonyl (C=O) groups is 1. The third-order valence-electron chi connectivity index (χ3n) is 5.16. The highest BCUT2D eigenvalue weighted by Crippen LogP contribution is 2.44. The smallest absolute Gasteiger partial charge is 0.223 e. The van der Waals surface area contributed by atoms with Crippen LogP contribution in [-0.2, 0) is 11.3 Å². The Kier molecular flexibility index (Phi) is 4.68. The Hall–Kier alpha value is -2.34. The third kappa shape index (κ3) is 3.46. The molecule has 1 saturated heterocycles. The van der Waals surface area contributed by atoms with Gasteiger partial charge >= 0.3 is 0 Å². The van der Waals surface area contributed by atoms with Gasteiger partial charge in [-0.25, -0.2) is 8.78 Å². The topological polar surface area (TPSA) is 45.2 Å². The van der Waals surface area contributed by atoms with Crippen molar-refractivity contribution >= 4 is 5.91 Å². The Morgan fingerprint density at radius 3 is 2.73 bits per heavy atom. The number of nitrogens with one attached hydrogen (secondary N) is 1. The van der Waals surface area contributed by atoms with Crippen molar-refractivity contribution in [2.45, 2.75) is 37.9 Å². The molecule has 2 aliphatic rings. The number of amides is 1. The molecule has 0 bridgehead atoms. The predicted octanol–water partition coefficient (Wildman–Crippen LogP) is 3.20. The van der Waals surface area contributed by atoms with Gasteiger partial charge in [0.1, 0.15) is 0 Å². The molecule has 1 aliphatic carbocycles. The Labute approximate surface area is 151 Å². The van der Waals surface area contributed by atoms with Gasteiger partial charge in [0.2, 0.25) is 5.91 Å². The van der Waals surface area contributed by atoms with Crippen LogP contribution < -0.4 is 5.32 Å². The molecule has 6 heteroatoms. The molecule has 4 nitrogen and oxygen atoms in total. The van der Waals surface area contributed by atoms with Gasteiger partial charge < -0.3 is 10.2 Å². The van der Waals surface area contributed by atoms with E-state index in [0.29, 0.717) is 31.1 Å². The molecule has 2 fully saturated rings. The van der Waals surface area contributed by atoms with Gasteiger partial charge in [-0.1, -0.05) is 12.1 Å². The number of aromatic nitrogens is 1. The molecule has 4 rings (SSSR count). The molecule has 136 valence electrons. The zero-order chi connectivity index (χ0) is 18.1. The Balaban J connectivity index is 1.45. The van der Waals surface area contributed by atoms with Gasteiger partial charge in [0.05, 0.1) is 6.04 Å². The summed E-state index contributed by atoms with van der Waals surface area (Å²) in [6.45, 7) is 1.07.